The smallest absolute Gasteiger partial charge is 0.256 e. The van der Waals surface area contributed by atoms with Crippen LogP contribution in [0.3, 0.4) is 0 Å². The highest BCUT2D eigenvalue weighted by Crippen LogP contribution is 2.33. The lowest BCUT2D eigenvalue weighted by Gasteiger charge is -2.08. The first-order valence-electron chi connectivity index (χ1n) is 5.93. The zero-order valence-electron chi connectivity index (χ0n) is 11.0. The maximum atomic E-state index is 12.1. The van der Waals surface area contributed by atoms with Crippen molar-refractivity contribution in [3.8, 4) is 5.75 Å². The first-order chi connectivity index (χ1) is 9.55. The molecule has 0 spiro atoms. The normalized spacial score (nSPS) is 10.4. The van der Waals surface area contributed by atoms with Crippen molar-refractivity contribution >= 4 is 34.9 Å². The molecule has 20 heavy (non-hydrogen) atoms. The summed E-state index contributed by atoms with van der Waals surface area (Å²) in [6.07, 6.45) is 0.809. The maximum absolute atomic E-state index is 12.1. The van der Waals surface area contributed by atoms with Gasteiger partial charge in [-0.15, -0.1) is 0 Å². The number of aromatic nitrogens is 2. The first-order valence-corrected chi connectivity index (χ1v) is 6.69. The molecule has 1 aromatic heterocycles. The molecule has 0 aliphatic carbocycles. The van der Waals surface area contributed by atoms with Crippen LogP contribution in [0.4, 0.5) is 5.82 Å². The van der Waals surface area contributed by atoms with E-state index >= 15 is 0 Å². The van der Waals surface area contributed by atoms with Gasteiger partial charge in [-0.3, -0.25) is 9.89 Å². The molecule has 1 aromatic carbocycles. The van der Waals surface area contributed by atoms with Gasteiger partial charge in [-0.25, -0.2) is 0 Å². The average Bonchev–Trinajstić information content (AvgIpc) is 2.86. The molecule has 0 aliphatic rings. The number of nitrogens with one attached hydrogen (secondary N) is 2. The van der Waals surface area contributed by atoms with Crippen LogP contribution in [0.1, 0.15) is 23.0 Å². The summed E-state index contributed by atoms with van der Waals surface area (Å²) in [5.74, 6) is 0.457. The number of rotatable bonds is 4. The Morgan fingerprint density at radius 1 is 1.35 bits per heavy atom. The molecule has 0 bridgehead atoms. The van der Waals surface area contributed by atoms with E-state index in [1.54, 1.807) is 6.07 Å². The lowest BCUT2D eigenvalue weighted by molar-refractivity contribution is 0.102. The van der Waals surface area contributed by atoms with E-state index in [-0.39, 0.29) is 16.0 Å². The molecular weight excluding hydrogens is 301 g/mol. The molecule has 7 heteroatoms. The second-order valence-electron chi connectivity index (χ2n) is 4.06. The first kappa shape index (κ1) is 14.7. The van der Waals surface area contributed by atoms with Crippen LogP contribution in [0, 0.1) is 0 Å². The lowest BCUT2D eigenvalue weighted by Crippen LogP contribution is -2.12. The molecule has 2 rings (SSSR count). The van der Waals surface area contributed by atoms with Crippen molar-refractivity contribution in [2.75, 3.05) is 12.4 Å². The fraction of sp³-hybridized carbons (Fsp3) is 0.231. The molecule has 0 saturated carbocycles. The molecule has 0 saturated heterocycles. The van der Waals surface area contributed by atoms with Crippen LogP contribution in [0.25, 0.3) is 0 Å². The van der Waals surface area contributed by atoms with Gasteiger partial charge in [0.05, 0.1) is 17.2 Å². The monoisotopic (exact) mass is 313 g/mol. The van der Waals surface area contributed by atoms with Crippen LogP contribution in [0.2, 0.25) is 10.0 Å². The molecule has 0 atom stereocenters. The van der Waals surface area contributed by atoms with Gasteiger partial charge >= 0.3 is 0 Å². The van der Waals surface area contributed by atoms with E-state index in [9.17, 15) is 4.79 Å². The Morgan fingerprint density at radius 3 is 2.50 bits per heavy atom. The van der Waals surface area contributed by atoms with E-state index in [2.05, 4.69) is 15.5 Å². The fourth-order valence-corrected chi connectivity index (χ4v) is 2.32. The van der Waals surface area contributed by atoms with Gasteiger partial charge < -0.3 is 10.1 Å². The minimum absolute atomic E-state index is 0.279. The Kier molecular flexibility index (Phi) is 4.52. The zero-order valence-corrected chi connectivity index (χ0v) is 12.5. The Hall–Kier alpha value is -1.72. The van der Waals surface area contributed by atoms with E-state index in [0.29, 0.717) is 17.1 Å². The number of aromatic amines is 1. The lowest BCUT2D eigenvalue weighted by atomic mass is 10.2. The minimum atomic E-state index is -0.342. The number of H-pyrrole nitrogens is 1. The number of methoxy groups -OCH3 is 1. The maximum Gasteiger partial charge on any atom is 0.256 e. The van der Waals surface area contributed by atoms with Gasteiger partial charge in [-0.2, -0.15) is 5.10 Å². The number of ether oxygens (including phenoxy) is 1. The van der Waals surface area contributed by atoms with Crippen molar-refractivity contribution in [3.63, 3.8) is 0 Å². The molecular formula is C13H13Cl2N3O2. The number of halogens is 2. The Morgan fingerprint density at radius 2 is 2.00 bits per heavy atom. The van der Waals surface area contributed by atoms with Gasteiger partial charge in [0.25, 0.3) is 5.91 Å². The van der Waals surface area contributed by atoms with Crippen molar-refractivity contribution in [3.05, 3.63) is 39.5 Å². The number of hydrogen-bond acceptors (Lipinski definition) is 3. The number of aryl methyl sites for hydroxylation is 1. The molecule has 1 heterocycles. The SMILES string of the molecule is CCc1cc(NC(=O)c2cc(Cl)c(OC)c(Cl)c2)n[nH]1. The summed E-state index contributed by atoms with van der Waals surface area (Å²) in [6, 6.07) is 4.76. The van der Waals surface area contributed by atoms with Crippen LogP contribution < -0.4 is 10.1 Å². The number of anilines is 1. The third-order valence-corrected chi connectivity index (χ3v) is 3.28. The largest absolute Gasteiger partial charge is 0.494 e. The highest BCUT2D eigenvalue weighted by Gasteiger charge is 2.14. The summed E-state index contributed by atoms with van der Waals surface area (Å²) in [4.78, 5) is 12.1. The van der Waals surface area contributed by atoms with E-state index < -0.39 is 0 Å². The number of carbonyl (C=O) groups is 1. The zero-order chi connectivity index (χ0) is 14.7. The second kappa shape index (κ2) is 6.15. The minimum Gasteiger partial charge on any atom is -0.494 e. The van der Waals surface area contributed by atoms with Crippen molar-refractivity contribution in [1.29, 1.82) is 0 Å². The number of nitrogens with zero attached hydrogens (tertiary/aromatic N) is 1. The van der Waals surface area contributed by atoms with Gasteiger partial charge in [0.2, 0.25) is 0 Å². The van der Waals surface area contributed by atoms with E-state index in [1.165, 1.54) is 19.2 Å². The van der Waals surface area contributed by atoms with Crippen molar-refractivity contribution in [2.45, 2.75) is 13.3 Å². The molecule has 5 nitrogen and oxygen atoms in total. The Labute approximate surface area is 126 Å². The Balaban J connectivity index is 2.21. The summed E-state index contributed by atoms with van der Waals surface area (Å²) in [7, 11) is 1.46. The quantitative estimate of drug-likeness (QED) is 0.907. The van der Waals surface area contributed by atoms with E-state index in [0.717, 1.165) is 12.1 Å². The number of carbonyl (C=O) groups excluding carboxylic acids is 1. The number of benzene rings is 1. The molecule has 2 aromatic rings. The average molecular weight is 314 g/mol. The molecule has 0 radical (unpaired) electrons. The Bertz CT molecular complexity index is 617. The third kappa shape index (κ3) is 3.05. The predicted octanol–water partition coefficient (Wildman–Crippen LogP) is 3.54. The number of amides is 1. The highest BCUT2D eigenvalue weighted by molar-refractivity contribution is 6.37. The molecule has 0 unspecified atom stereocenters. The third-order valence-electron chi connectivity index (χ3n) is 2.72. The van der Waals surface area contributed by atoms with Crippen molar-refractivity contribution in [1.82, 2.24) is 10.2 Å². The van der Waals surface area contributed by atoms with Crippen LogP contribution in [0.15, 0.2) is 18.2 Å². The summed E-state index contributed by atoms with van der Waals surface area (Å²) >= 11 is 12.0. The molecule has 2 N–H and O–H groups in total. The predicted molar refractivity (Wildman–Crippen MR) is 78.9 cm³/mol. The van der Waals surface area contributed by atoms with Gasteiger partial charge in [0.1, 0.15) is 0 Å². The molecule has 1 amide bonds. The van der Waals surface area contributed by atoms with E-state index in [1.807, 2.05) is 6.92 Å². The van der Waals surface area contributed by atoms with Crippen molar-refractivity contribution in [2.24, 2.45) is 0 Å². The molecule has 0 aliphatic heterocycles. The fourth-order valence-electron chi connectivity index (χ4n) is 1.68. The number of hydrogen-bond donors (Lipinski definition) is 2. The van der Waals surface area contributed by atoms with Gasteiger partial charge in [0, 0.05) is 17.3 Å². The van der Waals surface area contributed by atoms with Gasteiger partial charge in [-0.1, -0.05) is 30.1 Å². The summed E-state index contributed by atoms with van der Waals surface area (Å²) < 4.78 is 5.03. The summed E-state index contributed by atoms with van der Waals surface area (Å²) in [5, 5.41) is 10.0. The highest BCUT2D eigenvalue weighted by atomic mass is 35.5. The molecule has 0 fully saturated rings. The van der Waals surface area contributed by atoms with Crippen LogP contribution in [-0.4, -0.2) is 23.2 Å². The van der Waals surface area contributed by atoms with E-state index in [4.69, 9.17) is 27.9 Å². The standard InChI is InChI=1S/C13H13Cl2N3O2/c1-3-8-6-11(18-17-8)16-13(19)7-4-9(14)12(20-2)10(15)5-7/h4-6H,3H2,1-2H3,(H2,16,17,18,19). The summed E-state index contributed by atoms with van der Waals surface area (Å²) in [6.45, 7) is 1.99. The van der Waals surface area contributed by atoms with Gasteiger partial charge in [0.15, 0.2) is 11.6 Å². The van der Waals surface area contributed by atoms with Crippen LogP contribution in [0.5, 0.6) is 5.75 Å². The van der Waals surface area contributed by atoms with Crippen LogP contribution >= 0.6 is 23.2 Å². The van der Waals surface area contributed by atoms with Crippen LogP contribution in [-0.2, 0) is 6.42 Å². The molecule has 106 valence electrons. The topological polar surface area (TPSA) is 67.0 Å². The summed E-state index contributed by atoms with van der Waals surface area (Å²) in [5.41, 5.74) is 1.27. The van der Waals surface area contributed by atoms with Crippen molar-refractivity contribution < 1.29 is 9.53 Å². The second-order valence-corrected chi connectivity index (χ2v) is 4.87. The van der Waals surface area contributed by atoms with Gasteiger partial charge in [-0.05, 0) is 18.6 Å².